The molecule has 2 aromatic rings. The van der Waals surface area contributed by atoms with Crippen LogP contribution >= 0.6 is 0 Å². The van der Waals surface area contributed by atoms with Crippen molar-refractivity contribution in [2.75, 3.05) is 29.9 Å². The predicted octanol–water partition coefficient (Wildman–Crippen LogP) is 0.963. The van der Waals surface area contributed by atoms with Gasteiger partial charge in [0, 0.05) is 30.9 Å². The van der Waals surface area contributed by atoms with Crippen molar-refractivity contribution in [2.45, 2.75) is 12.8 Å². The highest BCUT2D eigenvalue weighted by atomic mass is 32.2. The molecule has 0 spiro atoms. The molecule has 4 rings (SSSR count). The molecule has 10 heteroatoms. The zero-order valence-corrected chi connectivity index (χ0v) is 16.4. The van der Waals surface area contributed by atoms with Crippen LogP contribution in [0.25, 0.3) is 5.69 Å². The lowest BCUT2D eigenvalue weighted by molar-refractivity contribution is -0.117. The first-order chi connectivity index (χ1) is 13.9. The van der Waals surface area contributed by atoms with Crippen LogP contribution in [0.3, 0.4) is 0 Å². The molecule has 1 aromatic heterocycles. The smallest absolute Gasteiger partial charge is 0.256 e. The van der Waals surface area contributed by atoms with Crippen molar-refractivity contribution in [1.82, 2.24) is 14.7 Å². The molecule has 2 amide bonds. The number of nitrogens with zero attached hydrogens (tertiary/aromatic N) is 4. The number of nitriles is 1. The second-order valence-corrected chi connectivity index (χ2v) is 9.50. The van der Waals surface area contributed by atoms with Crippen LogP contribution in [0.5, 0.6) is 0 Å². The number of hydrogen-bond donors (Lipinski definition) is 1. The number of aromatic nitrogens is 2. The maximum Gasteiger partial charge on any atom is 0.256 e. The molecular weight excluding hydrogens is 394 g/mol. The number of rotatable bonds is 4. The molecule has 1 aromatic carbocycles. The van der Waals surface area contributed by atoms with Crippen molar-refractivity contribution in [1.29, 1.82) is 5.26 Å². The number of anilines is 1. The van der Waals surface area contributed by atoms with Crippen LogP contribution in [-0.4, -0.2) is 59.5 Å². The molecule has 1 aliphatic heterocycles. The third-order valence-electron chi connectivity index (χ3n) is 5.03. The van der Waals surface area contributed by atoms with Crippen LogP contribution in [0.1, 0.15) is 28.9 Å². The van der Waals surface area contributed by atoms with E-state index in [0.29, 0.717) is 16.9 Å². The Kier molecular flexibility index (Phi) is 4.84. The molecule has 9 nitrogen and oxygen atoms in total. The molecule has 1 saturated carbocycles. The Morgan fingerprint density at radius 1 is 1.17 bits per heavy atom. The average Bonchev–Trinajstić information content (AvgIpc) is 3.45. The summed E-state index contributed by atoms with van der Waals surface area (Å²) in [6, 6.07) is 8.35. The summed E-state index contributed by atoms with van der Waals surface area (Å²) in [5, 5.41) is 16.1. The van der Waals surface area contributed by atoms with Crippen LogP contribution in [0.15, 0.2) is 30.5 Å². The summed E-state index contributed by atoms with van der Waals surface area (Å²) in [5.41, 5.74) is 1.46. The number of carbonyl (C=O) groups is 2. The van der Waals surface area contributed by atoms with E-state index in [0.717, 1.165) is 12.8 Å². The van der Waals surface area contributed by atoms with Crippen LogP contribution < -0.4 is 5.32 Å². The Hall–Kier alpha value is -3.19. The Labute approximate surface area is 167 Å². The molecule has 1 N–H and O–H groups in total. The molecule has 150 valence electrons. The third-order valence-corrected chi connectivity index (χ3v) is 6.64. The van der Waals surface area contributed by atoms with Gasteiger partial charge in [0.2, 0.25) is 5.91 Å². The first-order valence-corrected chi connectivity index (χ1v) is 11.1. The van der Waals surface area contributed by atoms with E-state index < -0.39 is 9.84 Å². The maximum absolute atomic E-state index is 13.1. The first kappa shape index (κ1) is 19.1. The zero-order chi connectivity index (χ0) is 20.6. The standard InChI is InChI=1S/C19H19N5O4S/c20-12-15-5-6-24(22-15)17-11-14(21-18(25)13-1-2-13)3-4-16(17)19(26)23-7-9-29(27,28)10-8-23/h3-6,11,13H,1-2,7-10H2,(H,21,25). The van der Waals surface area contributed by atoms with Gasteiger partial charge in [-0.2, -0.15) is 10.4 Å². The molecule has 1 aliphatic carbocycles. The van der Waals surface area contributed by atoms with Gasteiger partial charge in [0.25, 0.3) is 5.91 Å². The van der Waals surface area contributed by atoms with Crippen LogP contribution in [0.4, 0.5) is 5.69 Å². The summed E-state index contributed by atoms with van der Waals surface area (Å²) in [7, 11) is -3.11. The lowest BCUT2D eigenvalue weighted by Crippen LogP contribution is -2.44. The molecule has 0 bridgehead atoms. The molecule has 2 aliphatic rings. The Morgan fingerprint density at radius 2 is 1.90 bits per heavy atom. The average molecular weight is 413 g/mol. The fraction of sp³-hybridized carbons (Fsp3) is 0.368. The van der Waals surface area contributed by atoms with Gasteiger partial charge >= 0.3 is 0 Å². The van der Waals surface area contributed by atoms with Gasteiger partial charge in [-0.3, -0.25) is 9.59 Å². The maximum atomic E-state index is 13.1. The summed E-state index contributed by atoms with van der Waals surface area (Å²) in [5.74, 6) is -0.475. The van der Waals surface area contributed by atoms with Gasteiger partial charge in [-0.05, 0) is 37.1 Å². The van der Waals surface area contributed by atoms with E-state index in [-0.39, 0.29) is 48.0 Å². The van der Waals surface area contributed by atoms with Gasteiger partial charge in [0.1, 0.15) is 6.07 Å². The zero-order valence-electron chi connectivity index (χ0n) is 15.5. The van der Waals surface area contributed by atoms with E-state index in [1.807, 2.05) is 6.07 Å². The van der Waals surface area contributed by atoms with Gasteiger partial charge in [0.05, 0.1) is 22.8 Å². The van der Waals surface area contributed by atoms with Crippen LogP contribution in [0, 0.1) is 17.2 Å². The van der Waals surface area contributed by atoms with E-state index in [1.54, 1.807) is 24.4 Å². The van der Waals surface area contributed by atoms with E-state index in [4.69, 9.17) is 5.26 Å². The van der Waals surface area contributed by atoms with E-state index in [2.05, 4.69) is 10.4 Å². The van der Waals surface area contributed by atoms with Crippen molar-refractivity contribution in [2.24, 2.45) is 5.92 Å². The van der Waals surface area contributed by atoms with Crippen molar-refractivity contribution in [3.63, 3.8) is 0 Å². The molecule has 0 unspecified atom stereocenters. The predicted molar refractivity (Wildman–Crippen MR) is 104 cm³/mol. The highest BCUT2D eigenvalue weighted by Gasteiger charge is 2.30. The fourth-order valence-corrected chi connectivity index (χ4v) is 4.37. The molecule has 29 heavy (non-hydrogen) atoms. The van der Waals surface area contributed by atoms with E-state index in [1.165, 1.54) is 15.6 Å². The molecule has 1 saturated heterocycles. The van der Waals surface area contributed by atoms with Crippen molar-refractivity contribution in [3.8, 4) is 11.8 Å². The first-order valence-electron chi connectivity index (χ1n) is 9.27. The van der Waals surface area contributed by atoms with Crippen LogP contribution in [0.2, 0.25) is 0 Å². The van der Waals surface area contributed by atoms with Gasteiger partial charge in [-0.1, -0.05) is 0 Å². The minimum absolute atomic E-state index is 0.0324. The van der Waals surface area contributed by atoms with Crippen molar-refractivity contribution in [3.05, 3.63) is 41.7 Å². The minimum atomic E-state index is -3.11. The summed E-state index contributed by atoms with van der Waals surface area (Å²) >= 11 is 0. The number of benzene rings is 1. The summed E-state index contributed by atoms with van der Waals surface area (Å²) < 4.78 is 24.7. The lowest BCUT2D eigenvalue weighted by atomic mass is 10.1. The number of nitrogens with one attached hydrogen (secondary N) is 1. The lowest BCUT2D eigenvalue weighted by Gasteiger charge is -2.27. The third kappa shape index (κ3) is 4.14. The van der Waals surface area contributed by atoms with Gasteiger partial charge in [-0.25, -0.2) is 13.1 Å². The quantitative estimate of drug-likeness (QED) is 0.796. The van der Waals surface area contributed by atoms with Crippen LogP contribution in [-0.2, 0) is 14.6 Å². The summed E-state index contributed by atoms with van der Waals surface area (Å²) in [6.45, 7) is 0.257. The minimum Gasteiger partial charge on any atom is -0.337 e. The highest BCUT2D eigenvalue weighted by Crippen LogP contribution is 2.31. The number of amides is 2. The second-order valence-electron chi connectivity index (χ2n) is 7.20. The largest absolute Gasteiger partial charge is 0.337 e. The van der Waals surface area contributed by atoms with Gasteiger partial charge in [-0.15, -0.1) is 0 Å². The summed E-state index contributed by atoms with van der Waals surface area (Å²) in [6.07, 6.45) is 3.31. The van der Waals surface area contributed by atoms with Gasteiger partial charge < -0.3 is 10.2 Å². The van der Waals surface area contributed by atoms with Crippen molar-refractivity contribution >= 4 is 27.3 Å². The SMILES string of the molecule is N#Cc1ccn(-c2cc(NC(=O)C3CC3)ccc2C(=O)N2CCS(=O)(=O)CC2)n1. The fourth-order valence-electron chi connectivity index (χ4n) is 3.17. The van der Waals surface area contributed by atoms with E-state index >= 15 is 0 Å². The Bertz CT molecular complexity index is 1110. The molecule has 2 fully saturated rings. The molecular formula is C19H19N5O4S. The van der Waals surface area contributed by atoms with Crippen molar-refractivity contribution < 1.29 is 18.0 Å². The van der Waals surface area contributed by atoms with E-state index in [9.17, 15) is 18.0 Å². The topological polar surface area (TPSA) is 125 Å². The summed E-state index contributed by atoms with van der Waals surface area (Å²) in [4.78, 5) is 26.7. The Morgan fingerprint density at radius 3 is 2.52 bits per heavy atom. The Balaban J connectivity index is 1.67. The normalized spacial score (nSPS) is 18.1. The highest BCUT2D eigenvalue weighted by molar-refractivity contribution is 7.91. The second kappa shape index (κ2) is 7.33. The number of carbonyl (C=O) groups excluding carboxylic acids is 2. The number of sulfone groups is 1. The van der Waals surface area contributed by atoms with Gasteiger partial charge in [0.15, 0.2) is 15.5 Å². The monoisotopic (exact) mass is 413 g/mol. The number of hydrogen-bond acceptors (Lipinski definition) is 6. The molecule has 0 atom stereocenters. The molecule has 0 radical (unpaired) electrons. The molecule has 2 heterocycles.